The number of hydrogen-bond acceptors (Lipinski definition) is 5. The van der Waals surface area contributed by atoms with Gasteiger partial charge in [-0.3, -0.25) is 0 Å². The summed E-state index contributed by atoms with van der Waals surface area (Å²) in [5.74, 6) is 0.887. The highest BCUT2D eigenvalue weighted by Crippen LogP contribution is 2.53. The van der Waals surface area contributed by atoms with E-state index >= 15 is 0 Å². The van der Waals surface area contributed by atoms with Crippen molar-refractivity contribution in [2.45, 2.75) is 19.1 Å². The molecule has 1 atom stereocenters. The van der Waals surface area contributed by atoms with Gasteiger partial charge < -0.3 is 4.57 Å². The van der Waals surface area contributed by atoms with Crippen molar-refractivity contribution < 1.29 is 0 Å². The summed E-state index contributed by atoms with van der Waals surface area (Å²) in [6.45, 7) is 4.12. The number of thioether (sulfide) groups is 2. The zero-order chi connectivity index (χ0) is 17.5. The van der Waals surface area contributed by atoms with Crippen LogP contribution in [0.1, 0.15) is 24.7 Å². The summed E-state index contributed by atoms with van der Waals surface area (Å²) in [6.07, 6.45) is 5.18. The minimum absolute atomic E-state index is 0.118. The molecule has 24 heavy (non-hydrogen) atoms. The van der Waals surface area contributed by atoms with Crippen LogP contribution in [0.5, 0.6) is 0 Å². The van der Waals surface area contributed by atoms with Gasteiger partial charge in [-0.2, -0.15) is 4.91 Å². The Bertz CT molecular complexity index is 720. The number of aromatic nitrogens is 2. The lowest BCUT2D eigenvalue weighted by atomic mass is 10.2. The minimum Gasteiger partial charge on any atom is -0.306 e. The van der Waals surface area contributed by atoms with E-state index in [4.69, 9.17) is 23.2 Å². The van der Waals surface area contributed by atoms with Crippen LogP contribution in [0.3, 0.4) is 0 Å². The van der Waals surface area contributed by atoms with Crippen LogP contribution in [-0.4, -0.2) is 21.8 Å². The molecule has 1 aromatic heterocycles. The molecule has 1 fully saturated rings. The van der Waals surface area contributed by atoms with Gasteiger partial charge in [0.05, 0.1) is 16.3 Å². The molecule has 0 spiro atoms. The Morgan fingerprint density at radius 1 is 1.42 bits per heavy atom. The number of imidazole rings is 1. The van der Waals surface area contributed by atoms with E-state index in [-0.39, 0.29) is 11.8 Å². The monoisotopic (exact) mass is 401 g/mol. The Morgan fingerprint density at radius 2 is 2.21 bits per heavy atom. The van der Waals surface area contributed by atoms with Crippen LogP contribution >= 0.6 is 46.7 Å². The molecule has 0 bridgehead atoms. The Kier molecular flexibility index (Phi) is 7.68. The first-order chi connectivity index (χ1) is 11.7. The molecular formula is C16H17Cl2N3OS2. The number of nitroso groups, excluding NO2 is 1. The molecule has 1 unspecified atom stereocenters. The summed E-state index contributed by atoms with van der Waals surface area (Å²) in [6, 6.07) is 5.56. The predicted octanol–water partition coefficient (Wildman–Crippen LogP) is 6.33. The first-order valence-corrected chi connectivity index (χ1v) is 10.1. The van der Waals surface area contributed by atoms with Crippen LogP contribution in [0, 0.1) is 4.91 Å². The lowest BCUT2D eigenvalue weighted by molar-refractivity contribution is 1.02. The molecule has 2 aromatic rings. The van der Waals surface area contributed by atoms with Crippen molar-refractivity contribution in [3.8, 4) is 0 Å². The third kappa shape index (κ3) is 4.57. The molecule has 128 valence electrons. The Balaban J connectivity index is 0.00000100. The Morgan fingerprint density at radius 3 is 2.83 bits per heavy atom. The van der Waals surface area contributed by atoms with Crippen molar-refractivity contribution in [1.82, 2.24) is 9.55 Å². The number of nitrogens with zero attached hydrogens (tertiary/aromatic N) is 3. The van der Waals surface area contributed by atoms with Gasteiger partial charge in [0.1, 0.15) is 6.54 Å². The quantitative estimate of drug-likeness (QED) is 0.561. The molecule has 3 rings (SSSR count). The summed E-state index contributed by atoms with van der Waals surface area (Å²) in [7, 11) is 0. The van der Waals surface area contributed by atoms with E-state index < -0.39 is 0 Å². The zero-order valence-electron chi connectivity index (χ0n) is 13.3. The maximum Gasteiger partial charge on any atom is 0.123 e. The first-order valence-electron chi connectivity index (χ1n) is 7.44. The molecule has 1 saturated heterocycles. The van der Waals surface area contributed by atoms with Crippen LogP contribution in [-0.2, 0) is 0 Å². The smallest absolute Gasteiger partial charge is 0.123 e. The fourth-order valence-electron chi connectivity index (χ4n) is 2.15. The SMILES string of the molecule is CC.O=NC/C(=C1/SCC(c2ccc(Cl)cc2Cl)S1)n1ccnc1. The maximum absolute atomic E-state index is 10.7. The van der Waals surface area contributed by atoms with Crippen LogP contribution in [0.25, 0.3) is 5.70 Å². The third-order valence-electron chi connectivity index (χ3n) is 3.19. The number of hydrogen-bond donors (Lipinski definition) is 0. The topological polar surface area (TPSA) is 47.2 Å². The minimum atomic E-state index is 0.118. The standard InChI is InChI=1S/C14H11Cl2N3OS2.C2H6/c15-9-1-2-10(11(16)5-9)13-7-21-14(22-13)12(6-18-20)19-4-3-17-8-19;1-2/h1-5,8,13H,6-7H2;1-2H3/b14-12+;. The molecule has 0 saturated carbocycles. The molecule has 4 nitrogen and oxygen atoms in total. The van der Waals surface area contributed by atoms with E-state index in [1.54, 1.807) is 42.1 Å². The van der Waals surface area contributed by atoms with Crippen molar-refractivity contribution in [1.29, 1.82) is 0 Å². The summed E-state index contributed by atoms with van der Waals surface area (Å²) in [4.78, 5) is 14.8. The van der Waals surface area contributed by atoms with Gasteiger partial charge in [0.2, 0.25) is 0 Å². The van der Waals surface area contributed by atoms with Crippen LogP contribution < -0.4 is 0 Å². The first kappa shape index (κ1) is 19.4. The van der Waals surface area contributed by atoms with Gasteiger partial charge >= 0.3 is 0 Å². The summed E-state index contributed by atoms with van der Waals surface area (Å²) in [5, 5.41) is 4.57. The van der Waals surface area contributed by atoms with E-state index in [0.29, 0.717) is 10.0 Å². The predicted molar refractivity (Wildman–Crippen MR) is 107 cm³/mol. The summed E-state index contributed by atoms with van der Waals surface area (Å²) >= 11 is 15.6. The fraction of sp³-hybridized carbons (Fsp3) is 0.312. The van der Waals surface area contributed by atoms with E-state index in [1.807, 2.05) is 36.7 Å². The molecule has 0 N–H and O–H groups in total. The Hall–Kier alpha value is -0.950. The number of rotatable bonds is 4. The second kappa shape index (κ2) is 9.51. The largest absolute Gasteiger partial charge is 0.306 e. The molecule has 1 aliphatic heterocycles. The van der Waals surface area contributed by atoms with Crippen molar-refractivity contribution in [3.05, 3.63) is 61.7 Å². The van der Waals surface area contributed by atoms with Crippen LogP contribution in [0.15, 0.2) is 46.3 Å². The second-order valence-corrected chi connectivity index (χ2v) is 7.92. The van der Waals surface area contributed by atoms with E-state index in [9.17, 15) is 4.91 Å². The van der Waals surface area contributed by atoms with Gasteiger partial charge in [-0.05, 0) is 17.7 Å². The third-order valence-corrected chi connectivity index (χ3v) is 6.76. The molecule has 1 aromatic carbocycles. The highest BCUT2D eigenvalue weighted by atomic mass is 35.5. The molecule has 1 aliphatic rings. The van der Waals surface area contributed by atoms with Gasteiger partial charge in [0.25, 0.3) is 0 Å². The molecule has 8 heteroatoms. The maximum atomic E-state index is 10.7. The highest BCUT2D eigenvalue weighted by molar-refractivity contribution is 8.25. The Labute approximate surface area is 160 Å². The van der Waals surface area contributed by atoms with E-state index in [1.165, 1.54) is 0 Å². The number of halogens is 2. The van der Waals surface area contributed by atoms with Gasteiger partial charge in [0, 0.05) is 33.4 Å². The normalized spacial score (nSPS) is 18.8. The van der Waals surface area contributed by atoms with Crippen molar-refractivity contribution in [2.75, 3.05) is 12.3 Å². The summed E-state index contributed by atoms with van der Waals surface area (Å²) < 4.78 is 2.91. The average Bonchev–Trinajstić information content (AvgIpc) is 3.27. The average molecular weight is 402 g/mol. The van der Waals surface area contributed by atoms with E-state index in [0.717, 1.165) is 21.3 Å². The van der Waals surface area contributed by atoms with Gasteiger partial charge in [-0.1, -0.05) is 48.3 Å². The van der Waals surface area contributed by atoms with Crippen LogP contribution in [0.4, 0.5) is 0 Å². The van der Waals surface area contributed by atoms with Gasteiger partial charge in [-0.25, -0.2) is 4.98 Å². The van der Waals surface area contributed by atoms with Crippen molar-refractivity contribution >= 4 is 52.4 Å². The van der Waals surface area contributed by atoms with Crippen molar-refractivity contribution in [2.24, 2.45) is 5.18 Å². The lowest BCUT2D eigenvalue weighted by Crippen LogP contribution is -1.98. The van der Waals surface area contributed by atoms with E-state index in [2.05, 4.69) is 10.2 Å². The van der Waals surface area contributed by atoms with Crippen LogP contribution in [0.2, 0.25) is 10.0 Å². The van der Waals surface area contributed by atoms with Crippen molar-refractivity contribution in [3.63, 3.8) is 0 Å². The van der Waals surface area contributed by atoms with Gasteiger partial charge in [0.15, 0.2) is 0 Å². The second-order valence-electron chi connectivity index (χ2n) is 4.57. The zero-order valence-corrected chi connectivity index (χ0v) is 16.4. The molecule has 0 radical (unpaired) electrons. The lowest BCUT2D eigenvalue weighted by Gasteiger charge is -2.11. The highest BCUT2D eigenvalue weighted by Gasteiger charge is 2.27. The number of benzene rings is 1. The fourth-order valence-corrected chi connectivity index (χ4v) is 5.77. The van der Waals surface area contributed by atoms with Gasteiger partial charge in [-0.15, -0.1) is 23.5 Å². The molecule has 0 amide bonds. The molecule has 2 heterocycles. The summed E-state index contributed by atoms with van der Waals surface area (Å²) in [5.41, 5.74) is 1.91. The molecule has 0 aliphatic carbocycles. The molecular weight excluding hydrogens is 385 g/mol.